The number of hydrogen-bond acceptors (Lipinski definition) is 3. The Morgan fingerprint density at radius 2 is 2.08 bits per heavy atom. The number of benzene rings is 1. The summed E-state index contributed by atoms with van der Waals surface area (Å²) >= 11 is 0. The van der Waals surface area contributed by atoms with Crippen molar-refractivity contribution in [2.24, 2.45) is 5.92 Å². The molecule has 6 nitrogen and oxygen atoms in total. The first-order chi connectivity index (χ1) is 12.1. The third-order valence-corrected chi connectivity index (χ3v) is 4.08. The van der Waals surface area contributed by atoms with E-state index >= 15 is 0 Å². The van der Waals surface area contributed by atoms with Crippen molar-refractivity contribution >= 4 is 17.6 Å². The number of carbonyl (C=O) groups is 2. The van der Waals surface area contributed by atoms with E-state index in [1.54, 1.807) is 4.90 Å². The van der Waals surface area contributed by atoms with Gasteiger partial charge in [0.1, 0.15) is 0 Å². The Bertz CT molecular complexity index is 754. The molecule has 0 aliphatic carbocycles. The molecule has 3 amide bonds. The van der Waals surface area contributed by atoms with Gasteiger partial charge >= 0.3 is 6.03 Å². The van der Waals surface area contributed by atoms with E-state index in [0.29, 0.717) is 26.1 Å². The Hall–Kier alpha value is -2.96. The highest BCUT2D eigenvalue weighted by Crippen LogP contribution is 2.19. The molecule has 1 aromatic carbocycles. The van der Waals surface area contributed by atoms with Gasteiger partial charge in [0.2, 0.25) is 5.91 Å². The van der Waals surface area contributed by atoms with Crippen molar-refractivity contribution < 1.29 is 14.0 Å². The lowest BCUT2D eigenvalue weighted by atomic mass is 10.1. The second kappa shape index (κ2) is 7.74. The SMILES string of the molecule is O=C(NC[C@H]1CC(=O)N(Cc2ccccc2)C1)Nc1ccncc1F. The molecule has 25 heavy (non-hydrogen) atoms. The Morgan fingerprint density at radius 1 is 1.28 bits per heavy atom. The minimum atomic E-state index is -0.595. The molecule has 1 saturated heterocycles. The van der Waals surface area contributed by atoms with Gasteiger partial charge in [0, 0.05) is 38.2 Å². The highest BCUT2D eigenvalue weighted by molar-refractivity contribution is 5.89. The molecule has 0 saturated carbocycles. The number of carbonyl (C=O) groups excluding carboxylic acids is 2. The lowest BCUT2D eigenvalue weighted by molar-refractivity contribution is -0.128. The number of anilines is 1. The second-order valence-electron chi connectivity index (χ2n) is 6.02. The molecule has 130 valence electrons. The van der Waals surface area contributed by atoms with E-state index in [4.69, 9.17) is 0 Å². The molecule has 3 rings (SSSR count). The number of nitrogens with one attached hydrogen (secondary N) is 2. The Balaban J connectivity index is 1.47. The van der Waals surface area contributed by atoms with Gasteiger partial charge in [-0.3, -0.25) is 9.78 Å². The van der Waals surface area contributed by atoms with E-state index in [1.807, 2.05) is 30.3 Å². The van der Waals surface area contributed by atoms with E-state index in [1.165, 1.54) is 12.3 Å². The molecule has 0 unspecified atom stereocenters. The number of urea groups is 1. The predicted octanol–water partition coefficient (Wildman–Crippen LogP) is 2.39. The zero-order valence-electron chi connectivity index (χ0n) is 13.6. The van der Waals surface area contributed by atoms with Crippen LogP contribution in [0.1, 0.15) is 12.0 Å². The molecule has 0 radical (unpaired) electrons. The number of rotatable bonds is 5. The summed E-state index contributed by atoms with van der Waals surface area (Å²) in [6.45, 7) is 1.53. The first-order valence-corrected chi connectivity index (χ1v) is 8.08. The van der Waals surface area contributed by atoms with Crippen LogP contribution in [-0.4, -0.2) is 34.9 Å². The molecule has 2 N–H and O–H groups in total. The Morgan fingerprint density at radius 3 is 2.84 bits per heavy atom. The van der Waals surface area contributed by atoms with Crippen molar-refractivity contribution in [3.05, 3.63) is 60.2 Å². The highest BCUT2D eigenvalue weighted by Gasteiger charge is 2.29. The largest absolute Gasteiger partial charge is 0.338 e. The van der Waals surface area contributed by atoms with E-state index in [-0.39, 0.29) is 17.5 Å². The average Bonchev–Trinajstić information content (AvgIpc) is 2.96. The monoisotopic (exact) mass is 342 g/mol. The summed E-state index contributed by atoms with van der Waals surface area (Å²) in [7, 11) is 0. The topological polar surface area (TPSA) is 74.3 Å². The number of aromatic nitrogens is 1. The van der Waals surface area contributed by atoms with Gasteiger partial charge in [0.05, 0.1) is 11.9 Å². The molecule has 7 heteroatoms. The summed E-state index contributed by atoms with van der Waals surface area (Å²) in [5, 5.41) is 5.12. The first kappa shape index (κ1) is 16.9. The van der Waals surface area contributed by atoms with Gasteiger partial charge in [-0.25, -0.2) is 9.18 Å². The fourth-order valence-electron chi connectivity index (χ4n) is 2.83. The van der Waals surface area contributed by atoms with Crippen LogP contribution in [0.15, 0.2) is 48.8 Å². The number of halogens is 1. The minimum absolute atomic E-state index is 0.0456. The zero-order valence-corrected chi connectivity index (χ0v) is 13.6. The van der Waals surface area contributed by atoms with Crippen LogP contribution in [0.25, 0.3) is 0 Å². The van der Waals surface area contributed by atoms with Gasteiger partial charge in [-0.2, -0.15) is 0 Å². The summed E-state index contributed by atoms with van der Waals surface area (Å²) < 4.78 is 13.4. The van der Waals surface area contributed by atoms with Gasteiger partial charge in [-0.15, -0.1) is 0 Å². The van der Waals surface area contributed by atoms with Crippen LogP contribution in [0, 0.1) is 11.7 Å². The highest BCUT2D eigenvalue weighted by atomic mass is 19.1. The molecule has 0 bridgehead atoms. The Kier molecular flexibility index (Phi) is 5.23. The molecule has 2 heterocycles. The Labute approximate surface area is 145 Å². The maximum atomic E-state index is 13.4. The van der Waals surface area contributed by atoms with Crippen LogP contribution in [0.5, 0.6) is 0 Å². The lowest BCUT2D eigenvalue weighted by Gasteiger charge is -2.17. The molecular weight excluding hydrogens is 323 g/mol. The zero-order chi connectivity index (χ0) is 17.6. The van der Waals surface area contributed by atoms with Gasteiger partial charge in [0.15, 0.2) is 5.82 Å². The summed E-state index contributed by atoms with van der Waals surface area (Å²) in [4.78, 5) is 29.4. The summed E-state index contributed by atoms with van der Waals surface area (Å²) in [5.41, 5.74) is 1.15. The van der Waals surface area contributed by atoms with Gasteiger partial charge in [-0.1, -0.05) is 30.3 Å². The molecule has 1 aromatic heterocycles. The van der Waals surface area contributed by atoms with Crippen LogP contribution in [0.4, 0.5) is 14.9 Å². The quantitative estimate of drug-likeness (QED) is 0.876. The van der Waals surface area contributed by atoms with E-state index in [9.17, 15) is 14.0 Å². The van der Waals surface area contributed by atoms with Crippen molar-refractivity contribution in [2.75, 3.05) is 18.4 Å². The van der Waals surface area contributed by atoms with Crippen molar-refractivity contribution in [1.82, 2.24) is 15.2 Å². The maximum absolute atomic E-state index is 13.4. The fourth-order valence-corrected chi connectivity index (χ4v) is 2.83. The lowest BCUT2D eigenvalue weighted by Crippen LogP contribution is -2.34. The van der Waals surface area contributed by atoms with Crippen LogP contribution in [-0.2, 0) is 11.3 Å². The van der Waals surface area contributed by atoms with E-state index in [0.717, 1.165) is 11.8 Å². The summed E-state index contributed by atoms with van der Waals surface area (Å²) in [6, 6.07) is 10.7. The third-order valence-electron chi connectivity index (χ3n) is 4.08. The summed E-state index contributed by atoms with van der Waals surface area (Å²) in [5.74, 6) is -0.469. The molecule has 1 fully saturated rings. The average molecular weight is 342 g/mol. The standard InChI is InChI=1S/C18H19FN4O2/c19-15-10-20-7-6-16(15)22-18(25)21-9-14-8-17(24)23(12-14)11-13-4-2-1-3-5-13/h1-7,10,14H,8-9,11-12H2,(H2,20,21,22,25)/t14-/m1/s1. The van der Waals surface area contributed by atoms with Gasteiger partial charge in [-0.05, 0) is 11.6 Å². The number of nitrogens with zero attached hydrogens (tertiary/aromatic N) is 2. The second-order valence-corrected chi connectivity index (χ2v) is 6.02. The van der Waals surface area contributed by atoms with Crippen LogP contribution < -0.4 is 10.6 Å². The van der Waals surface area contributed by atoms with Crippen LogP contribution in [0.2, 0.25) is 0 Å². The minimum Gasteiger partial charge on any atom is -0.338 e. The first-order valence-electron chi connectivity index (χ1n) is 8.08. The molecule has 1 aliphatic heterocycles. The number of hydrogen-bond donors (Lipinski definition) is 2. The third kappa shape index (κ3) is 4.53. The van der Waals surface area contributed by atoms with Gasteiger partial charge in [0.25, 0.3) is 0 Å². The number of likely N-dealkylation sites (tertiary alicyclic amines) is 1. The van der Waals surface area contributed by atoms with Gasteiger partial charge < -0.3 is 15.5 Å². The van der Waals surface area contributed by atoms with E-state index < -0.39 is 11.8 Å². The fraction of sp³-hybridized carbons (Fsp3) is 0.278. The number of pyridine rings is 1. The molecule has 1 atom stereocenters. The van der Waals surface area contributed by atoms with Crippen molar-refractivity contribution in [3.63, 3.8) is 0 Å². The smallest absolute Gasteiger partial charge is 0.319 e. The molecular formula is C18H19FN4O2. The van der Waals surface area contributed by atoms with Crippen molar-refractivity contribution in [3.8, 4) is 0 Å². The van der Waals surface area contributed by atoms with Crippen molar-refractivity contribution in [1.29, 1.82) is 0 Å². The van der Waals surface area contributed by atoms with E-state index in [2.05, 4.69) is 15.6 Å². The van der Waals surface area contributed by atoms with Crippen molar-refractivity contribution in [2.45, 2.75) is 13.0 Å². The number of amides is 3. The molecule has 1 aliphatic rings. The van der Waals surface area contributed by atoms with Crippen LogP contribution >= 0.6 is 0 Å². The normalized spacial score (nSPS) is 16.8. The molecule has 0 spiro atoms. The maximum Gasteiger partial charge on any atom is 0.319 e. The van der Waals surface area contributed by atoms with Crippen LogP contribution in [0.3, 0.4) is 0 Å². The molecule has 2 aromatic rings. The summed E-state index contributed by atoms with van der Waals surface area (Å²) in [6.07, 6.45) is 2.83. The predicted molar refractivity (Wildman–Crippen MR) is 91.2 cm³/mol.